The second-order valence-corrected chi connectivity index (χ2v) is 5.51. The van der Waals surface area contributed by atoms with Crippen molar-refractivity contribution in [1.29, 1.82) is 0 Å². The molecule has 2 rings (SSSR count). The van der Waals surface area contributed by atoms with Crippen molar-refractivity contribution in [2.75, 3.05) is 6.54 Å². The highest BCUT2D eigenvalue weighted by atomic mass is 19.4. The van der Waals surface area contributed by atoms with Gasteiger partial charge in [-0.1, -0.05) is 6.42 Å². The van der Waals surface area contributed by atoms with Gasteiger partial charge in [0, 0.05) is 12.1 Å². The number of nitrogens with one attached hydrogen (secondary N) is 2. The maximum absolute atomic E-state index is 12.8. The number of hydrogen-bond donors (Lipinski definition) is 2. The molecule has 0 aromatic heterocycles. The molecule has 2 N–H and O–H groups in total. The Labute approximate surface area is 100 Å². The van der Waals surface area contributed by atoms with E-state index in [9.17, 15) is 13.2 Å². The Morgan fingerprint density at radius 2 is 2.06 bits per heavy atom. The number of halogens is 3. The van der Waals surface area contributed by atoms with Crippen LogP contribution in [-0.4, -0.2) is 30.3 Å². The van der Waals surface area contributed by atoms with E-state index in [1.807, 2.05) is 6.92 Å². The van der Waals surface area contributed by atoms with E-state index in [0.29, 0.717) is 6.04 Å². The van der Waals surface area contributed by atoms with Crippen molar-refractivity contribution in [3.8, 4) is 0 Å². The molecule has 17 heavy (non-hydrogen) atoms. The third-order valence-electron chi connectivity index (χ3n) is 3.87. The molecule has 2 aliphatic rings. The highest BCUT2D eigenvalue weighted by Gasteiger charge is 2.63. The summed E-state index contributed by atoms with van der Waals surface area (Å²) in [5, 5.41) is 6.16. The van der Waals surface area contributed by atoms with Gasteiger partial charge in [0.1, 0.15) is 5.54 Å². The van der Waals surface area contributed by atoms with Gasteiger partial charge in [0.15, 0.2) is 0 Å². The lowest BCUT2D eigenvalue weighted by molar-refractivity contribution is -0.167. The van der Waals surface area contributed by atoms with Gasteiger partial charge in [-0.05, 0) is 45.6 Å². The highest BCUT2D eigenvalue weighted by molar-refractivity contribution is 5.09. The van der Waals surface area contributed by atoms with E-state index < -0.39 is 11.7 Å². The van der Waals surface area contributed by atoms with Crippen LogP contribution in [0.2, 0.25) is 0 Å². The van der Waals surface area contributed by atoms with E-state index in [2.05, 4.69) is 10.6 Å². The van der Waals surface area contributed by atoms with E-state index in [1.54, 1.807) is 0 Å². The summed E-state index contributed by atoms with van der Waals surface area (Å²) >= 11 is 0. The minimum absolute atomic E-state index is 0.0743. The fraction of sp³-hybridized carbons (Fsp3) is 1.00. The Morgan fingerprint density at radius 1 is 1.35 bits per heavy atom. The van der Waals surface area contributed by atoms with Crippen LogP contribution < -0.4 is 10.6 Å². The standard InChI is InChI=1S/C12H21F3N2/c1-9(8-10-4-2-3-7-16-10)17-11(5-6-11)12(13,14)15/h9-10,16-17H,2-8H2,1H3. The summed E-state index contributed by atoms with van der Waals surface area (Å²) in [6.07, 6.45) is 0.627. The van der Waals surface area contributed by atoms with Crippen LogP contribution in [0.4, 0.5) is 13.2 Å². The van der Waals surface area contributed by atoms with Crippen LogP contribution in [0.25, 0.3) is 0 Å². The fourth-order valence-corrected chi connectivity index (χ4v) is 2.72. The first-order valence-corrected chi connectivity index (χ1v) is 6.51. The SMILES string of the molecule is CC(CC1CCCCN1)NC1(C(F)(F)F)CC1. The summed E-state index contributed by atoms with van der Waals surface area (Å²) in [7, 11) is 0. The second-order valence-electron chi connectivity index (χ2n) is 5.51. The van der Waals surface area contributed by atoms with Crippen molar-refractivity contribution in [3.63, 3.8) is 0 Å². The highest BCUT2D eigenvalue weighted by Crippen LogP contribution is 2.49. The Hall–Kier alpha value is -0.290. The quantitative estimate of drug-likeness (QED) is 0.801. The molecule has 2 unspecified atom stereocenters. The van der Waals surface area contributed by atoms with Crippen LogP contribution in [0.1, 0.15) is 45.4 Å². The third kappa shape index (κ3) is 3.13. The summed E-state index contributed by atoms with van der Waals surface area (Å²) in [5.74, 6) is 0. The smallest absolute Gasteiger partial charge is 0.314 e. The Balaban J connectivity index is 1.79. The minimum Gasteiger partial charge on any atom is -0.314 e. The average Bonchev–Trinajstić information content (AvgIpc) is 2.99. The van der Waals surface area contributed by atoms with Crippen LogP contribution in [0.15, 0.2) is 0 Å². The molecule has 0 radical (unpaired) electrons. The zero-order valence-electron chi connectivity index (χ0n) is 10.2. The average molecular weight is 250 g/mol. The van der Waals surface area contributed by atoms with Gasteiger partial charge in [0.25, 0.3) is 0 Å². The van der Waals surface area contributed by atoms with Crippen molar-refractivity contribution in [1.82, 2.24) is 10.6 Å². The molecule has 0 spiro atoms. The summed E-state index contributed by atoms with van der Waals surface area (Å²) in [6.45, 7) is 2.86. The molecule has 0 amide bonds. The van der Waals surface area contributed by atoms with Crippen LogP contribution in [0.5, 0.6) is 0 Å². The van der Waals surface area contributed by atoms with Crippen molar-refractivity contribution in [2.24, 2.45) is 0 Å². The van der Waals surface area contributed by atoms with Gasteiger partial charge in [0.2, 0.25) is 0 Å². The summed E-state index contributed by atoms with van der Waals surface area (Å²) in [6, 6.07) is 0.310. The first-order chi connectivity index (χ1) is 7.93. The molecule has 1 saturated carbocycles. The van der Waals surface area contributed by atoms with E-state index in [-0.39, 0.29) is 18.9 Å². The first-order valence-electron chi connectivity index (χ1n) is 6.51. The molecule has 0 bridgehead atoms. The molecule has 2 nitrogen and oxygen atoms in total. The predicted molar refractivity (Wildman–Crippen MR) is 60.9 cm³/mol. The summed E-state index contributed by atoms with van der Waals surface area (Å²) in [4.78, 5) is 0. The molecule has 5 heteroatoms. The van der Waals surface area contributed by atoms with Crippen LogP contribution in [-0.2, 0) is 0 Å². The van der Waals surface area contributed by atoms with Crippen molar-refractivity contribution in [3.05, 3.63) is 0 Å². The van der Waals surface area contributed by atoms with E-state index in [0.717, 1.165) is 19.4 Å². The molecule has 2 fully saturated rings. The molecular weight excluding hydrogens is 229 g/mol. The van der Waals surface area contributed by atoms with Crippen LogP contribution in [0, 0.1) is 0 Å². The van der Waals surface area contributed by atoms with E-state index in [1.165, 1.54) is 12.8 Å². The topological polar surface area (TPSA) is 24.1 Å². The summed E-state index contributed by atoms with van der Waals surface area (Å²) < 4.78 is 38.3. The molecular formula is C12H21F3N2. The Bertz CT molecular complexity index is 255. The number of hydrogen-bond acceptors (Lipinski definition) is 2. The van der Waals surface area contributed by atoms with Gasteiger partial charge >= 0.3 is 6.18 Å². The van der Waals surface area contributed by atoms with Crippen molar-refractivity contribution in [2.45, 2.75) is 69.2 Å². The fourth-order valence-electron chi connectivity index (χ4n) is 2.72. The van der Waals surface area contributed by atoms with Crippen molar-refractivity contribution >= 4 is 0 Å². The van der Waals surface area contributed by atoms with E-state index >= 15 is 0 Å². The van der Waals surface area contributed by atoms with Gasteiger partial charge < -0.3 is 10.6 Å². The molecule has 100 valence electrons. The Kier molecular flexibility index (Phi) is 3.69. The second kappa shape index (κ2) is 4.76. The molecule has 1 aliphatic heterocycles. The molecule has 1 saturated heterocycles. The van der Waals surface area contributed by atoms with Gasteiger partial charge in [0.05, 0.1) is 0 Å². The zero-order valence-corrected chi connectivity index (χ0v) is 10.2. The lowest BCUT2D eigenvalue weighted by Crippen LogP contribution is -2.50. The molecule has 0 aromatic rings. The predicted octanol–water partition coefficient (Wildman–Crippen LogP) is 2.59. The number of piperidine rings is 1. The molecule has 2 atom stereocenters. The third-order valence-corrected chi connectivity index (χ3v) is 3.87. The zero-order chi connectivity index (χ0) is 12.5. The van der Waals surface area contributed by atoms with Gasteiger partial charge in [-0.25, -0.2) is 0 Å². The lowest BCUT2D eigenvalue weighted by Gasteiger charge is -2.30. The van der Waals surface area contributed by atoms with Crippen LogP contribution >= 0.6 is 0 Å². The largest absolute Gasteiger partial charge is 0.406 e. The first kappa shape index (κ1) is 13.1. The maximum atomic E-state index is 12.8. The summed E-state index contributed by atoms with van der Waals surface area (Å²) in [5.41, 5.74) is -1.57. The van der Waals surface area contributed by atoms with Gasteiger partial charge in [-0.2, -0.15) is 13.2 Å². The molecule has 1 heterocycles. The molecule has 1 aliphatic carbocycles. The van der Waals surface area contributed by atoms with Crippen LogP contribution in [0.3, 0.4) is 0 Å². The number of alkyl halides is 3. The number of rotatable bonds is 4. The minimum atomic E-state index is -4.10. The Morgan fingerprint density at radius 3 is 2.53 bits per heavy atom. The van der Waals surface area contributed by atoms with Crippen molar-refractivity contribution < 1.29 is 13.2 Å². The lowest BCUT2D eigenvalue weighted by atomic mass is 9.98. The van der Waals surface area contributed by atoms with E-state index in [4.69, 9.17) is 0 Å². The maximum Gasteiger partial charge on any atom is 0.406 e. The van der Waals surface area contributed by atoms with Gasteiger partial charge in [-0.3, -0.25) is 0 Å². The normalized spacial score (nSPS) is 30.0. The van der Waals surface area contributed by atoms with Gasteiger partial charge in [-0.15, -0.1) is 0 Å². The monoisotopic (exact) mass is 250 g/mol. The molecule has 0 aromatic carbocycles.